The second kappa shape index (κ2) is 28.6. The summed E-state index contributed by atoms with van der Waals surface area (Å²) in [7, 11) is 0. The van der Waals surface area contributed by atoms with Gasteiger partial charge < -0.3 is 16.0 Å². The van der Waals surface area contributed by atoms with Crippen molar-refractivity contribution in [1.82, 2.24) is 16.0 Å². The number of benzene rings is 6. The minimum atomic E-state index is -0.584. The number of nitrogens with one attached hydrogen (secondary N) is 3. The molecule has 3 amide bonds. The fraction of sp³-hybridized carbons (Fsp3) is 0.368. The smallest absolute Gasteiger partial charge is 0.252 e. The average Bonchev–Trinajstić information content (AvgIpc) is 4.23. The van der Waals surface area contributed by atoms with Gasteiger partial charge in [0.05, 0.1) is 6.07 Å². The van der Waals surface area contributed by atoms with Gasteiger partial charge in [0.1, 0.15) is 5.54 Å². The summed E-state index contributed by atoms with van der Waals surface area (Å²) in [5, 5.41) is 17.7. The number of rotatable bonds is 13. The van der Waals surface area contributed by atoms with Crippen molar-refractivity contribution in [3.63, 3.8) is 0 Å². The zero-order chi connectivity index (χ0) is 57.0. The van der Waals surface area contributed by atoms with Gasteiger partial charge in [-0.2, -0.15) is 5.26 Å². The quantitative estimate of drug-likeness (QED) is 0.0970. The van der Waals surface area contributed by atoms with Gasteiger partial charge in [0.2, 0.25) is 0 Å². The molecule has 10 nitrogen and oxygen atoms in total. The average molecular weight is 1050 g/mol. The van der Waals surface area contributed by atoms with E-state index in [1.165, 1.54) is 12.8 Å². The normalized spacial score (nSPS) is 14.8. The molecule has 6 aromatic rings. The van der Waals surface area contributed by atoms with Crippen molar-refractivity contribution in [2.75, 3.05) is 0 Å². The maximum absolute atomic E-state index is 11.8. The zero-order valence-corrected chi connectivity index (χ0v) is 47.6. The van der Waals surface area contributed by atoms with E-state index < -0.39 is 5.54 Å². The maximum atomic E-state index is 11.8. The number of hydrogen-bond acceptors (Lipinski definition) is 7. The lowest BCUT2D eigenvalue weighted by Gasteiger charge is -2.12. The van der Waals surface area contributed by atoms with Crippen LogP contribution in [0.25, 0.3) is 0 Å². The molecule has 0 radical (unpaired) electrons. The Morgan fingerprint density at radius 3 is 0.897 bits per heavy atom. The van der Waals surface area contributed by atoms with Crippen molar-refractivity contribution in [1.29, 1.82) is 5.26 Å². The molecule has 0 aromatic heterocycles. The fourth-order valence-corrected chi connectivity index (χ4v) is 8.20. The molecule has 0 unspecified atom stereocenters. The van der Waals surface area contributed by atoms with E-state index in [0.29, 0.717) is 30.1 Å². The van der Waals surface area contributed by atoms with E-state index in [2.05, 4.69) is 35.9 Å². The third-order valence-electron chi connectivity index (χ3n) is 14.5. The molecule has 0 spiro atoms. The van der Waals surface area contributed by atoms with Crippen LogP contribution in [0.2, 0.25) is 0 Å². The second-order valence-electron chi connectivity index (χ2n) is 21.7. The molecule has 4 fully saturated rings. The molecule has 6 aromatic carbocycles. The molecule has 78 heavy (non-hydrogen) atoms. The first-order valence-electron chi connectivity index (χ1n) is 27.5. The molecule has 4 aliphatic rings. The highest BCUT2D eigenvalue weighted by Crippen LogP contribution is 2.36. The van der Waals surface area contributed by atoms with Crippen LogP contribution in [0.4, 0.5) is 0 Å². The molecule has 0 saturated heterocycles. The van der Waals surface area contributed by atoms with E-state index in [9.17, 15) is 28.8 Å². The summed E-state index contributed by atoms with van der Waals surface area (Å²) < 4.78 is 0. The monoisotopic (exact) mass is 1050 g/mol. The Hall–Kier alpha value is -7.77. The van der Waals surface area contributed by atoms with E-state index in [4.69, 9.17) is 5.26 Å². The number of Topliss-reactive ketones (excluding diaryl/α,β-unsaturated/α-hetero) is 3. The van der Waals surface area contributed by atoms with Gasteiger partial charge in [0.25, 0.3) is 17.7 Å². The van der Waals surface area contributed by atoms with Gasteiger partial charge in [-0.3, -0.25) is 28.8 Å². The summed E-state index contributed by atoms with van der Waals surface area (Å²) in [6.07, 6.45) is 10.4. The van der Waals surface area contributed by atoms with Crippen molar-refractivity contribution in [2.24, 2.45) is 5.92 Å². The van der Waals surface area contributed by atoms with Crippen LogP contribution in [0.3, 0.4) is 0 Å². The third-order valence-corrected chi connectivity index (χ3v) is 14.5. The zero-order valence-electron chi connectivity index (χ0n) is 47.6. The number of hydrogen-bond donors (Lipinski definition) is 3. The lowest BCUT2D eigenvalue weighted by atomic mass is 10.0. The molecule has 408 valence electrons. The van der Waals surface area contributed by atoms with Crippen LogP contribution in [0.1, 0.15) is 194 Å². The summed E-state index contributed by atoms with van der Waals surface area (Å²) in [4.78, 5) is 69.6. The molecule has 0 bridgehead atoms. The number of ketones is 3. The van der Waals surface area contributed by atoms with E-state index in [-0.39, 0.29) is 40.4 Å². The predicted octanol–water partition coefficient (Wildman–Crippen LogP) is 14.5. The van der Waals surface area contributed by atoms with Crippen molar-refractivity contribution in [2.45, 2.75) is 156 Å². The fourth-order valence-electron chi connectivity index (χ4n) is 8.20. The molecule has 10 rings (SSSR count). The molecule has 4 saturated carbocycles. The van der Waals surface area contributed by atoms with Crippen LogP contribution in [0.15, 0.2) is 146 Å². The van der Waals surface area contributed by atoms with Crippen LogP contribution in [0, 0.1) is 58.8 Å². The van der Waals surface area contributed by atoms with E-state index >= 15 is 0 Å². The standard InChI is InChI=1S/C12H12N2O.2C12H15NO.C12H14O.2C10H12O/c1-9-4-2-3-5-10(9)11(15)14-12(8-13)6-7-12;2*1-9-5-3-4-6-10(9)11(14)13-12(2)7-8-12;1-9-4-2-3-5-11(9)12(13)8-10-6-7-10;2*1-3-10(11)9-7-5-4-6-8(9)2/h2-5H,6-7H2,1H3,(H,14,15);2*3-6H,7-8H2,1-2H3,(H,13,14);2-5,10H,6-8H2,1H3;2*4-7H,3H2,1-2H3. The van der Waals surface area contributed by atoms with E-state index in [0.717, 1.165) is 106 Å². The van der Waals surface area contributed by atoms with Crippen LogP contribution in [-0.4, -0.2) is 51.7 Å². The van der Waals surface area contributed by atoms with Crippen molar-refractivity contribution in [3.8, 4) is 6.07 Å². The highest BCUT2D eigenvalue weighted by Gasteiger charge is 2.45. The van der Waals surface area contributed by atoms with Crippen molar-refractivity contribution >= 4 is 35.1 Å². The number of amides is 3. The second-order valence-corrected chi connectivity index (χ2v) is 21.7. The topological polar surface area (TPSA) is 162 Å². The summed E-state index contributed by atoms with van der Waals surface area (Å²) >= 11 is 0. The molecule has 10 heteroatoms. The maximum Gasteiger partial charge on any atom is 0.252 e. The molecule has 0 atom stereocenters. The van der Waals surface area contributed by atoms with Crippen molar-refractivity contribution < 1.29 is 28.8 Å². The lowest BCUT2D eigenvalue weighted by Crippen LogP contribution is -2.35. The Kier molecular flexibility index (Phi) is 22.4. The first kappa shape index (κ1) is 61.1. The Balaban J connectivity index is 0.000000173. The van der Waals surface area contributed by atoms with Crippen LogP contribution in [-0.2, 0) is 0 Å². The Morgan fingerprint density at radius 2 is 0.667 bits per heavy atom. The predicted molar refractivity (Wildman–Crippen MR) is 313 cm³/mol. The highest BCUT2D eigenvalue weighted by atomic mass is 16.2. The SMILES string of the molecule is CCC(=O)c1ccccc1C.CCC(=O)c1ccccc1C.Cc1ccccc1C(=O)CC1CC1.Cc1ccccc1C(=O)NC1(C#N)CC1.Cc1ccccc1C(=O)NC1(C)CC1.Cc1ccccc1C(=O)NC1(C)CC1. The first-order chi connectivity index (χ1) is 37.2. The summed E-state index contributed by atoms with van der Waals surface area (Å²) in [6.45, 7) is 19.7. The number of carbonyl (C=O) groups is 6. The van der Waals surface area contributed by atoms with Crippen LogP contribution >= 0.6 is 0 Å². The summed E-state index contributed by atoms with van der Waals surface area (Å²) in [5.41, 5.74) is 10.7. The van der Waals surface area contributed by atoms with Crippen molar-refractivity contribution in [3.05, 3.63) is 212 Å². The Bertz CT molecular complexity index is 2960. The van der Waals surface area contributed by atoms with E-state index in [1.54, 1.807) is 6.07 Å². The highest BCUT2D eigenvalue weighted by molar-refractivity contribution is 5.99. The largest absolute Gasteiger partial charge is 0.347 e. The third kappa shape index (κ3) is 19.4. The first-order valence-corrected chi connectivity index (χ1v) is 27.5. The van der Waals surface area contributed by atoms with Gasteiger partial charge >= 0.3 is 0 Å². The molecule has 0 aliphatic heterocycles. The number of nitrogens with zero attached hydrogens (tertiary/aromatic N) is 1. The molecule has 4 aliphatic carbocycles. The minimum absolute atomic E-state index is 0.0584. The Labute approximate surface area is 463 Å². The summed E-state index contributed by atoms with van der Waals surface area (Å²) in [6, 6.07) is 48.1. The number of carbonyl (C=O) groups excluding carboxylic acids is 6. The van der Waals surface area contributed by atoms with Gasteiger partial charge in [-0.15, -0.1) is 0 Å². The van der Waals surface area contributed by atoms with Crippen LogP contribution < -0.4 is 16.0 Å². The Morgan fingerprint density at radius 1 is 0.410 bits per heavy atom. The van der Waals surface area contributed by atoms with Gasteiger partial charge in [-0.1, -0.05) is 141 Å². The molecular formula is C68H80N4O6. The van der Waals surface area contributed by atoms with E-state index in [1.807, 2.05) is 195 Å². The number of aryl methyl sites for hydroxylation is 6. The number of nitriles is 1. The van der Waals surface area contributed by atoms with Gasteiger partial charge in [0.15, 0.2) is 17.3 Å². The van der Waals surface area contributed by atoms with Gasteiger partial charge in [-0.25, -0.2) is 0 Å². The molecule has 0 heterocycles. The summed E-state index contributed by atoms with van der Waals surface area (Å²) in [5.74, 6) is 1.43. The minimum Gasteiger partial charge on any atom is -0.347 e. The van der Waals surface area contributed by atoms with Gasteiger partial charge in [-0.05, 0) is 164 Å². The lowest BCUT2D eigenvalue weighted by molar-refractivity contribution is 0.0926. The molecule has 3 N–H and O–H groups in total. The van der Waals surface area contributed by atoms with Gasteiger partial charge in [0, 0.05) is 63.7 Å². The molecular weight excluding hydrogens is 969 g/mol. The van der Waals surface area contributed by atoms with Crippen LogP contribution in [0.5, 0.6) is 0 Å².